The predicted molar refractivity (Wildman–Crippen MR) is 93.8 cm³/mol. The maximum absolute atomic E-state index is 13.3. The normalized spacial score (nSPS) is 13.8. The second kappa shape index (κ2) is 6.57. The lowest BCUT2D eigenvalue weighted by Crippen LogP contribution is -3.12. The number of hydrogen-bond donors (Lipinski definition) is 2. The first-order chi connectivity index (χ1) is 11.5. The number of rotatable bonds is 5. The van der Waals surface area contributed by atoms with Gasteiger partial charge >= 0.3 is 0 Å². The van der Waals surface area contributed by atoms with Crippen LogP contribution in [0.15, 0.2) is 48.5 Å². The average molecular weight is 325 g/mol. The van der Waals surface area contributed by atoms with Crippen LogP contribution in [0.25, 0.3) is 10.9 Å². The van der Waals surface area contributed by atoms with Gasteiger partial charge in [0.2, 0.25) is 5.78 Å². The summed E-state index contributed by atoms with van der Waals surface area (Å²) in [5.74, 6) is -0.134. The topological polar surface area (TPSA) is 37.3 Å². The number of hydrogen-bond acceptors (Lipinski definition) is 1. The molecule has 24 heavy (non-hydrogen) atoms. The zero-order chi connectivity index (χ0) is 17.3. The lowest BCUT2D eigenvalue weighted by atomic mass is 10.0. The fourth-order valence-electron chi connectivity index (χ4n) is 3.16. The first-order valence-electron chi connectivity index (χ1n) is 8.15. The van der Waals surface area contributed by atoms with E-state index in [1.165, 1.54) is 12.1 Å². The number of aromatic nitrogens is 1. The highest BCUT2D eigenvalue weighted by molar-refractivity contribution is 6.10. The second-order valence-corrected chi connectivity index (χ2v) is 6.41. The van der Waals surface area contributed by atoms with Crippen LogP contribution >= 0.6 is 0 Å². The number of aryl methyl sites for hydroxylation is 1. The summed E-state index contributed by atoms with van der Waals surface area (Å²) in [5, 5.41) is 0.963. The highest BCUT2D eigenvalue weighted by atomic mass is 19.1. The monoisotopic (exact) mass is 325 g/mol. The third-order valence-electron chi connectivity index (χ3n) is 4.64. The molecule has 0 aliphatic heterocycles. The number of aromatic amines is 1. The Kier molecular flexibility index (Phi) is 4.49. The highest BCUT2D eigenvalue weighted by Crippen LogP contribution is 2.22. The number of likely N-dealkylation sites (N-methyl/N-ethyl adjacent to an activating group) is 1. The molecule has 3 nitrogen and oxygen atoms in total. The molecule has 0 aliphatic carbocycles. The zero-order valence-corrected chi connectivity index (χ0v) is 14.2. The molecule has 1 unspecified atom stereocenters. The maximum Gasteiger partial charge on any atom is 0.222 e. The number of Topliss-reactive ketones (excluding diaryl/α,β-unsaturated/α-hetero) is 1. The Balaban J connectivity index is 1.84. The Bertz CT molecular complexity index is 884. The molecule has 2 aromatic carbocycles. The zero-order valence-electron chi connectivity index (χ0n) is 14.2. The SMILES string of the molecule is Cc1[nH]c2ccccc2c1C(=O)[C@@H](C)[NH+](C)Cc1cccc(F)c1. The molecule has 0 fully saturated rings. The van der Waals surface area contributed by atoms with Crippen molar-refractivity contribution in [3.05, 3.63) is 71.2 Å². The maximum atomic E-state index is 13.3. The Morgan fingerprint density at radius 2 is 1.96 bits per heavy atom. The van der Waals surface area contributed by atoms with E-state index >= 15 is 0 Å². The van der Waals surface area contributed by atoms with Crippen LogP contribution < -0.4 is 4.90 Å². The van der Waals surface area contributed by atoms with Gasteiger partial charge in [-0.1, -0.05) is 30.3 Å². The van der Waals surface area contributed by atoms with Gasteiger partial charge in [-0.15, -0.1) is 0 Å². The Hall–Kier alpha value is -2.46. The minimum absolute atomic E-state index is 0.110. The van der Waals surface area contributed by atoms with Gasteiger partial charge in [0.15, 0.2) is 0 Å². The van der Waals surface area contributed by atoms with Crippen molar-refractivity contribution in [2.75, 3.05) is 7.05 Å². The van der Waals surface area contributed by atoms with Gasteiger partial charge in [-0.2, -0.15) is 0 Å². The number of carbonyl (C=O) groups excluding carboxylic acids is 1. The molecular formula is C20H22FN2O+. The molecule has 0 bridgehead atoms. The van der Waals surface area contributed by atoms with Gasteiger partial charge in [0, 0.05) is 22.2 Å². The number of benzene rings is 2. The number of H-pyrrole nitrogens is 1. The van der Waals surface area contributed by atoms with Crippen molar-refractivity contribution in [3.63, 3.8) is 0 Å². The lowest BCUT2D eigenvalue weighted by Gasteiger charge is -2.21. The van der Waals surface area contributed by atoms with Gasteiger partial charge in [0.25, 0.3) is 0 Å². The molecule has 0 radical (unpaired) electrons. The van der Waals surface area contributed by atoms with Crippen LogP contribution in [0.5, 0.6) is 0 Å². The summed E-state index contributed by atoms with van der Waals surface area (Å²) in [4.78, 5) is 17.3. The summed E-state index contributed by atoms with van der Waals surface area (Å²) in [7, 11) is 1.97. The van der Waals surface area contributed by atoms with Gasteiger partial charge < -0.3 is 9.88 Å². The standard InChI is InChI=1S/C20H21FN2O/c1-13-19(17-9-4-5-10-18(17)22-13)20(24)14(2)23(3)12-15-7-6-8-16(21)11-15/h4-11,14,22H,12H2,1-3H3/p+1/t14-/m1/s1. The average Bonchev–Trinajstić information content (AvgIpc) is 2.89. The first-order valence-corrected chi connectivity index (χ1v) is 8.15. The highest BCUT2D eigenvalue weighted by Gasteiger charge is 2.27. The van der Waals surface area contributed by atoms with Crippen LogP contribution in [0.4, 0.5) is 4.39 Å². The molecule has 2 N–H and O–H groups in total. The van der Waals surface area contributed by atoms with Crippen LogP contribution in [0, 0.1) is 12.7 Å². The summed E-state index contributed by atoms with van der Waals surface area (Å²) in [6, 6.07) is 14.2. The Morgan fingerprint density at radius 1 is 1.21 bits per heavy atom. The van der Waals surface area contributed by atoms with Crippen LogP contribution in [0.3, 0.4) is 0 Å². The van der Waals surface area contributed by atoms with E-state index in [4.69, 9.17) is 0 Å². The van der Waals surface area contributed by atoms with E-state index in [9.17, 15) is 9.18 Å². The number of para-hydroxylation sites is 1. The number of nitrogens with one attached hydrogen (secondary N) is 2. The van der Waals surface area contributed by atoms with E-state index in [0.29, 0.717) is 6.54 Å². The Morgan fingerprint density at radius 3 is 2.71 bits per heavy atom. The third kappa shape index (κ3) is 3.10. The molecule has 2 atom stereocenters. The number of ketones is 1. The number of carbonyl (C=O) groups is 1. The lowest BCUT2D eigenvalue weighted by molar-refractivity contribution is -0.907. The van der Waals surface area contributed by atoms with Gasteiger partial charge in [0.05, 0.1) is 12.6 Å². The summed E-state index contributed by atoms with van der Waals surface area (Å²) >= 11 is 0. The molecule has 0 spiro atoms. The molecule has 3 aromatic rings. The summed E-state index contributed by atoms with van der Waals surface area (Å²) in [6.45, 7) is 4.46. The van der Waals surface area contributed by atoms with E-state index in [1.54, 1.807) is 6.07 Å². The van der Waals surface area contributed by atoms with Gasteiger partial charge in [-0.3, -0.25) is 4.79 Å². The molecule has 4 heteroatoms. The molecule has 0 saturated carbocycles. The van der Waals surface area contributed by atoms with Crippen molar-refractivity contribution in [1.82, 2.24) is 4.98 Å². The minimum atomic E-state index is -0.244. The molecule has 0 saturated heterocycles. The molecular weight excluding hydrogens is 303 g/mol. The van der Waals surface area contributed by atoms with Crippen LogP contribution in [0.1, 0.15) is 28.5 Å². The molecule has 124 valence electrons. The second-order valence-electron chi connectivity index (χ2n) is 6.41. The molecule has 3 rings (SSSR count). The van der Waals surface area contributed by atoms with Gasteiger partial charge in [-0.05, 0) is 32.0 Å². The summed E-state index contributed by atoms with van der Waals surface area (Å²) in [6.07, 6.45) is 0. The minimum Gasteiger partial charge on any atom is -0.358 e. The van der Waals surface area contributed by atoms with E-state index < -0.39 is 0 Å². The summed E-state index contributed by atoms with van der Waals surface area (Å²) in [5.41, 5.74) is 3.53. The molecule has 0 aliphatic rings. The number of fused-ring (bicyclic) bond motifs is 1. The van der Waals surface area contributed by atoms with Crippen molar-refractivity contribution < 1.29 is 14.1 Å². The molecule has 1 aromatic heterocycles. The van der Waals surface area contributed by atoms with Crippen LogP contribution in [-0.2, 0) is 6.54 Å². The van der Waals surface area contributed by atoms with E-state index in [0.717, 1.165) is 32.6 Å². The van der Waals surface area contributed by atoms with Crippen LogP contribution in [-0.4, -0.2) is 23.9 Å². The molecule has 0 amide bonds. The van der Waals surface area contributed by atoms with Crippen molar-refractivity contribution in [1.29, 1.82) is 0 Å². The third-order valence-corrected chi connectivity index (χ3v) is 4.64. The van der Waals surface area contributed by atoms with Crippen molar-refractivity contribution in [2.24, 2.45) is 0 Å². The molecule has 1 heterocycles. The largest absolute Gasteiger partial charge is 0.358 e. The fourth-order valence-corrected chi connectivity index (χ4v) is 3.16. The number of halogens is 1. The predicted octanol–water partition coefficient (Wildman–Crippen LogP) is 2.90. The quantitative estimate of drug-likeness (QED) is 0.696. The van der Waals surface area contributed by atoms with E-state index in [-0.39, 0.29) is 17.6 Å². The van der Waals surface area contributed by atoms with E-state index in [1.807, 2.05) is 51.2 Å². The van der Waals surface area contributed by atoms with Gasteiger partial charge in [-0.25, -0.2) is 4.39 Å². The Labute approximate surface area is 141 Å². The smallest absolute Gasteiger partial charge is 0.222 e. The van der Waals surface area contributed by atoms with Crippen molar-refractivity contribution in [3.8, 4) is 0 Å². The van der Waals surface area contributed by atoms with Crippen molar-refractivity contribution >= 4 is 16.7 Å². The fraction of sp³-hybridized carbons (Fsp3) is 0.250. The van der Waals surface area contributed by atoms with Crippen LogP contribution in [0.2, 0.25) is 0 Å². The number of quaternary nitrogens is 1. The first kappa shape index (κ1) is 16.4. The summed E-state index contributed by atoms with van der Waals surface area (Å²) < 4.78 is 13.3. The van der Waals surface area contributed by atoms with Crippen molar-refractivity contribution in [2.45, 2.75) is 26.4 Å². The van der Waals surface area contributed by atoms with E-state index in [2.05, 4.69) is 4.98 Å². The van der Waals surface area contributed by atoms with Gasteiger partial charge in [0.1, 0.15) is 18.4 Å².